The molecule has 1 atom stereocenters. The molecule has 2 aromatic rings. The van der Waals surface area contributed by atoms with Crippen LogP contribution in [0.25, 0.3) is 11.1 Å². The van der Waals surface area contributed by atoms with E-state index in [1.165, 1.54) is 0 Å². The van der Waals surface area contributed by atoms with Crippen molar-refractivity contribution in [1.29, 1.82) is 0 Å². The third kappa shape index (κ3) is 6.78. The van der Waals surface area contributed by atoms with Gasteiger partial charge in [0.25, 0.3) is 0 Å². The van der Waals surface area contributed by atoms with Crippen molar-refractivity contribution in [2.75, 3.05) is 6.61 Å². The Labute approximate surface area is 181 Å². The fourth-order valence-electron chi connectivity index (χ4n) is 3.18. The number of rotatable bonds is 7. The van der Waals surface area contributed by atoms with Crippen LogP contribution < -0.4 is 4.74 Å². The van der Waals surface area contributed by atoms with Crippen LogP contribution >= 0.6 is 0 Å². The molecule has 0 aliphatic carbocycles. The number of carboxylic acids is 1. The maximum absolute atomic E-state index is 13.9. The van der Waals surface area contributed by atoms with Crippen molar-refractivity contribution >= 4 is 5.97 Å². The maximum atomic E-state index is 13.9. The van der Waals surface area contributed by atoms with E-state index in [0.717, 1.165) is 6.07 Å². The molecule has 1 N–H and O–H groups in total. The van der Waals surface area contributed by atoms with Gasteiger partial charge in [-0.25, -0.2) is 0 Å². The first-order valence-corrected chi connectivity index (χ1v) is 9.39. The summed E-state index contributed by atoms with van der Waals surface area (Å²) in [5, 5.41) is 9.39. The largest absolute Gasteiger partial charge is 0.483 e. The van der Waals surface area contributed by atoms with Crippen LogP contribution in [0.15, 0.2) is 36.4 Å². The van der Waals surface area contributed by atoms with E-state index >= 15 is 0 Å². The van der Waals surface area contributed by atoms with Gasteiger partial charge in [-0.3, -0.25) is 4.79 Å². The first-order valence-electron chi connectivity index (χ1n) is 9.39. The molecule has 0 saturated carbocycles. The van der Waals surface area contributed by atoms with E-state index in [-0.39, 0.29) is 12.8 Å². The summed E-state index contributed by atoms with van der Waals surface area (Å²) in [6, 6.07) is 3.54. The number of alkyl halides is 9. The minimum Gasteiger partial charge on any atom is -0.483 e. The number of aliphatic carboxylic acids is 1. The average molecular weight is 488 g/mol. The first-order chi connectivity index (χ1) is 15.0. The van der Waals surface area contributed by atoms with Gasteiger partial charge in [0.2, 0.25) is 0 Å². The number of ether oxygens (including phenoxy) is 1. The van der Waals surface area contributed by atoms with Crippen LogP contribution in [0.2, 0.25) is 0 Å². The van der Waals surface area contributed by atoms with Crippen molar-refractivity contribution in [3.63, 3.8) is 0 Å². The van der Waals surface area contributed by atoms with Gasteiger partial charge in [-0.2, -0.15) is 39.5 Å². The number of hydrogen-bond acceptors (Lipinski definition) is 2. The van der Waals surface area contributed by atoms with E-state index in [2.05, 4.69) is 4.74 Å². The highest BCUT2D eigenvalue weighted by atomic mass is 19.4. The summed E-state index contributed by atoms with van der Waals surface area (Å²) >= 11 is 0. The number of benzene rings is 2. The van der Waals surface area contributed by atoms with Crippen LogP contribution in [0.5, 0.6) is 5.75 Å². The summed E-state index contributed by atoms with van der Waals surface area (Å²) < 4.78 is 123. The number of carboxylic acid groups (broad SMARTS) is 1. The van der Waals surface area contributed by atoms with E-state index in [9.17, 15) is 49.4 Å². The summed E-state index contributed by atoms with van der Waals surface area (Å²) in [7, 11) is 0. The van der Waals surface area contributed by atoms with E-state index in [1.807, 2.05) is 0 Å². The zero-order valence-electron chi connectivity index (χ0n) is 16.8. The standard InChI is InChI=1S/C21H17F9O3/c1-2-3-14(18(31)32)12-8-15(21(28,29)30)17(16(9-12)33-10-19(22,23)24)11-4-6-13(7-5-11)20(25,26)27/h4-9,14H,2-3,10H2,1H3,(H,31,32). The molecule has 0 aliphatic rings. The van der Waals surface area contributed by atoms with Crippen molar-refractivity contribution in [3.8, 4) is 16.9 Å². The minimum absolute atomic E-state index is 0.106. The van der Waals surface area contributed by atoms with Gasteiger partial charge in [-0.1, -0.05) is 25.5 Å². The van der Waals surface area contributed by atoms with Crippen molar-refractivity contribution < 1.29 is 54.2 Å². The first kappa shape index (κ1) is 26.3. The molecule has 0 amide bonds. The quantitative estimate of drug-likeness (QED) is 0.416. The van der Waals surface area contributed by atoms with Gasteiger partial charge >= 0.3 is 24.5 Å². The van der Waals surface area contributed by atoms with Gasteiger partial charge in [0.05, 0.1) is 17.0 Å². The Bertz CT molecular complexity index is 975. The molecule has 1 unspecified atom stereocenters. The van der Waals surface area contributed by atoms with Crippen LogP contribution in [0.1, 0.15) is 42.4 Å². The second-order valence-electron chi connectivity index (χ2n) is 7.10. The number of halogens is 9. The van der Waals surface area contributed by atoms with Gasteiger partial charge in [0, 0.05) is 5.56 Å². The van der Waals surface area contributed by atoms with E-state index < -0.39 is 70.6 Å². The highest BCUT2D eigenvalue weighted by Crippen LogP contribution is 2.45. The van der Waals surface area contributed by atoms with Crippen molar-refractivity contribution in [3.05, 3.63) is 53.1 Å². The fourth-order valence-corrected chi connectivity index (χ4v) is 3.18. The predicted octanol–water partition coefficient (Wildman–Crippen LogP) is 7.30. The zero-order chi connectivity index (χ0) is 25.2. The van der Waals surface area contributed by atoms with E-state index in [0.29, 0.717) is 30.3 Å². The Balaban J connectivity index is 2.80. The third-order valence-electron chi connectivity index (χ3n) is 4.60. The smallest absolute Gasteiger partial charge is 0.422 e. The molecule has 0 radical (unpaired) electrons. The van der Waals surface area contributed by atoms with Gasteiger partial charge in [0.1, 0.15) is 5.75 Å². The number of carbonyl (C=O) groups is 1. The summed E-state index contributed by atoms with van der Waals surface area (Å²) in [6.45, 7) is -0.425. The Morgan fingerprint density at radius 2 is 1.52 bits per heavy atom. The normalized spacial score (nSPS) is 13.6. The van der Waals surface area contributed by atoms with Gasteiger partial charge in [-0.15, -0.1) is 0 Å². The van der Waals surface area contributed by atoms with E-state index in [4.69, 9.17) is 0 Å². The molecule has 33 heavy (non-hydrogen) atoms. The Hall–Kier alpha value is -2.92. The molecule has 0 saturated heterocycles. The van der Waals surface area contributed by atoms with E-state index in [1.54, 1.807) is 6.92 Å². The Kier molecular flexibility index (Phi) is 7.60. The summed E-state index contributed by atoms with van der Waals surface area (Å²) in [5.41, 5.74) is -4.56. The van der Waals surface area contributed by atoms with Crippen LogP contribution in [0.4, 0.5) is 39.5 Å². The second kappa shape index (κ2) is 9.52. The monoisotopic (exact) mass is 488 g/mol. The molecule has 182 valence electrons. The van der Waals surface area contributed by atoms with Crippen LogP contribution in [0.3, 0.4) is 0 Å². The molecule has 0 spiro atoms. The lowest BCUT2D eigenvalue weighted by atomic mass is 9.88. The molecule has 3 nitrogen and oxygen atoms in total. The number of hydrogen-bond donors (Lipinski definition) is 1. The molecule has 0 aromatic heterocycles. The fraction of sp³-hybridized carbons (Fsp3) is 0.381. The molecule has 0 heterocycles. The molecule has 0 aliphatic heterocycles. The summed E-state index contributed by atoms with van der Waals surface area (Å²) in [5.74, 6) is -3.90. The Morgan fingerprint density at radius 3 is 1.94 bits per heavy atom. The molecule has 2 aromatic carbocycles. The van der Waals surface area contributed by atoms with Gasteiger partial charge < -0.3 is 9.84 Å². The zero-order valence-corrected chi connectivity index (χ0v) is 16.8. The highest BCUT2D eigenvalue weighted by Gasteiger charge is 2.38. The Morgan fingerprint density at radius 1 is 0.939 bits per heavy atom. The SMILES string of the molecule is CCCC(C(=O)O)c1cc(OCC(F)(F)F)c(-c2ccc(C(F)(F)F)cc2)c(C(F)(F)F)c1. The molecule has 12 heteroatoms. The minimum atomic E-state index is -5.18. The molecular formula is C21H17F9O3. The maximum Gasteiger partial charge on any atom is 0.422 e. The lowest BCUT2D eigenvalue weighted by Crippen LogP contribution is -2.21. The topological polar surface area (TPSA) is 46.5 Å². The molecule has 0 fully saturated rings. The van der Waals surface area contributed by atoms with Crippen LogP contribution in [-0.2, 0) is 17.1 Å². The third-order valence-corrected chi connectivity index (χ3v) is 4.60. The summed E-state index contributed by atoms with van der Waals surface area (Å²) in [4.78, 5) is 11.6. The molecular weight excluding hydrogens is 471 g/mol. The molecule has 0 bridgehead atoms. The average Bonchev–Trinajstić information content (AvgIpc) is 2.67. The van der Waals surface area contributed by atoms with Gasteiger partial charge in [-0.05, 0) is 41.8 Å². The highest BCUT2D eigenvalue weighted by molar-refractivity contribution is 5.80. The lowest BCUT2D eigenvalue weighted by molar-refractivity contribution is -0.153. The second-order valence-corrected chi connectivity index (χ2v) is 7.10. The summed E-state index contributed by atoms with van der Waals surface area (Å²) in [6.07, 6.45) is -14.8. The predicted molar refractivity (Wildman–Crippen MR) is 98.7 cm³/mol. The lowest BCUT2D eigenvalue weighted by Gasteiger charge is -2.22. The van der Waals surface area contributed by atoms with Crippen molar-refractivity contribution in [2.45, 2.75) is 44.2 Å². The molecule has 2 rings (SSSR count). The van der Waals surface area contributed by atoms with Crippen LogP contribution in [-0.4, -0.2) is 23.9 Å². The van der Waals surface area contributed by atoms with Crippen LogP contribution in [0, 0.1) is 0 Å². The van der Waals surface area contributed by atoms with Gasteiger partial charge in [0.15, 0.2) is 6.61 Å². The van der Waals surface area contributed by atoms with Crippen molar-refractivity contribution in [2.24, 2.45) is 0 Å². The van der Waals surface area contributed by atoms with Crippen molar-refractivity contribution in [1.82, 2.24) is 0 Å².